The highest BCUT2D eigenvalue weighted by Gasteiger charge is 2.41. The van der Waals surface area contributed by atoms with E-state index in [1.54, 1.807) is 38.1 Å². The number of hydrogen-bond donors (Lipinski definition) is 2. The number of benzene rings is 2. The van der Waals surface area contributed by atoms with Crippen molar-refractivity contribution in [3.05, 3.63) is 59.7 Å². The van der Waals surface area contributed by atoms with Gasteiger partial charge in [0.05, 0.1) is 16.8 Å². The minimum atomic E-state index is -4.08. The number of fused-ring (bicyclic) bond motifs is 1. The van der Waals surface area contributed by atoms with E-state index in [1.807, 2.05) is 0 Å². The second-order valence-corrected chi connectivity index (χ2v) is 8.37. The van der Waals surface area contributed by atoms with E-state index < -0.39 is 28.4 Å². The first-order valence-electron chi connectivity index (χ1n) is 8.57. The minimum absolute atomic E-state index is 0.0343. The maximum absolute atomic E-state index is 12.5. The van der Waals surface area contributed by atoms with Gasteiger partial charge < -0.3 is 10.6 Å². The van der Waals surface area contributed by atoms with E-state index in [4.69, 9.17) is 0 Å². The number of carbonyl (C=O) groups excluding carboxylic acids is 3. The van der Waals surface area contributed by atoms with Crippen LogP contribution in [-0.4, -0.2) is 43.0 Å². The zero-order valence-corrected chi connectivity index (χ0v) is 16.1. The van der Waals surface area contributed by atoms with Gasteiger partial charge in [-0.25, -0.2) is 12.7 Å². The molecule has 2 aromatic rings. The Morgan fingerprint density at radius 3 is 2.36 bits per heavy atom. The van der Waals surface area contributed by atoms with Crippen LogP contribution in [0, 0.1) is 0 Å². The molecule has 3 rings (SSSR count). The van der Waals surface area contributed by atoms with Gasteiger partial charge in [0.25, 0.3) is 21.8 Å². The van der Waals surface area contributed by atoms with Crippen molar-refractivity contribution in [2.24, 2.45) is 0 Å². The van der Waals surface area contributed by atoms with E-state index in [0.717, 1.165) is 0 Å². The van der Waals surface area contributed by atoms with Crippen LogP contribution < -0.4 is 10.6 Å². The molecule has 1 aliphatic heterocycles. The van der Waals surface area contributed by atoms with Crippen molar-refractivity contribution in [3.8, 4) is 0 Å². The zero-order valence-electron chi connectivity index (χ0n) is 15.3. The van der Waals surface area contributed by atoms with Gasteiger partial charge in [0.2, 0.25) is 5.91 Å². The Labute approximate surface area is 162 Å². The molecule has 0 spiro atoms. The Bertz CT molecular complexity index is 1060. The maximum Gasteiger partial charge on any atom is 0.269 e. The van der Waals surface area contributed by atoms with Crippen LogP contribution in [-0.2, 0) is 14.8 Å². The molecule has 2 N–H and O–H groups in total. The van der Waals surface area contributed by atoms with Crippen molar-refractivity contribution < 1.29 is 22.8 Å². The number of anilines is 1. The third-order valence-corrected chi connectivity index (χ3v) is 5.85. The molecule has 0 aromatic heterocycles. The number of carbonyl (C=O) groups is 3. The van der Waals surface area contributed by atoms with Gasteiger partial charge in [-0.3, -0.25) is 14.4 Å². The number of rotatable bonds is 5. The minimum Gasteiger partial charge on any atom is -0.350 e. The van der Waals surface area contributed by atoms with Gasteiger partial charge in [-0.1, -0.05) is 24.3 Å². The lowest BCUT2D eigenvalue weighted by molar-refractivity contribution is -0.116. The van der Waals surface area contributed by atoms with E-state index in [1.165, 1.54) is 24.3 Å². The fraction of sp³-hybridized carbons (Fsp3) is 0.211. The molecular weight excluding hydrogens is 382 g/mol. The smallest absolute Gasteiger partial charge is 0.269 e. The highest BCUT2D eigenvalue weighted by molar-refractivity contribution is 7.90. The Hall–Kier alpha value is -3.20. The number of nitrogens with zero attached hydrogens (tertiary/aromatic N) is 1. The number of nitrogens with one attached hydrogen (secondary N) is 2. The van der Waals surface area contributed by atoms with Crippen molar-refractivity contribution in [3.63, 3.8) is 0 Å². The molecule has 0 saturated heterocycles. The fourth-order valence-corrected chi connectivity index (χ4v) is 4.36. The van der Waals surface area contributed by atoms with Gasteiger partial charge >= 0.3 is 0 Å². The predicted octanol–water partition coefficient (Wildman–Crippen LogP) is 1.61. The topological polar surface area (TPSA) is 113 Å². The molecule has 1 aliphatic rings. The fourth-order valence-electron chi connectivity index (χ4n) is 2.84. The van der Waals surface area contributed by atoms with Crippen LogP contribution in [0.25, 0.3) is 0 Å². The van der Waals surface area contributed by atoms with Crippen molar-refractivity contribution in [1.29, 1.82) is 0 Å². The Kier molecular flexibility index (Phi) is 5.19. The SMILES string of the molecule is CC(C)NC(=O)c1ccccc1NC(=O)CN1C(=O)c2ccccc2S1(=O)=O. The molecule has 0 radical (unpaired) electrons. The van der Waals surface area contributed by atoms with E-state index in [-0.39, 0.29) is 33.7 Å². The second-order valence-electron chi connectivity index (χ2n) is 6.53. The summed E-state index contributed by atoms with van der Waals surface area (Å²) in [7, 11) is -4.08. The quantitative estimate of drug-likeness (QED) is 0.790. The average Bonchev–Trinajstić information content (AvgIpc) is 2.83. The molecular formula is C19H19N3O5S. The summed E-state index contributed by atoms with van der Waals surface area (Å²) < 4.78 is 25.6. The van der Waals surface area contributed by atoms with E-state index in [2.05, 4.69) is 10.6 Å². The van der Waals surface area contributed by atoms with Crippen LogP contribution in [0.5, 0.6) is 0 Å². The average molecular weight is 401 g/mol. The van der Waals surface area contributed by atoms with Crippen LogP contribution in [0.1, 0.15) is 34.6 Å². The summed E-state index contributed by atoms with van der Waals surface area (Å²) >= 11 is 0. The zero-order chi connectivity index (χ0) is 20.5. The molecule has 0 aliphatic carbocycles. The van der Waals surface area contributed by atoms with Crippen LogP contribution >= 0.6 is 0 Å². The monoisotopic (exact) mass is 401 g/mol. The van der Waals surface area contributed by atoms with Crippen LogP contribution in [0.2, 0.25) is 0 Å². The Morgan fingerprint density at radius 2 is 1.68 bits per heavy atom. The lowest BCUT2D eigenvalue weighted by Gasteiger charge is -2.16. The summed E-state index contributed by atoms with van der Waals surface area (Å²) in [5.41, 5.74) is 0.502. The largest absolute Gasteiger partial charge is 0.350 e. The highest BCUT2D eigenvalue weighted by atomic mass is 32.2. The second kappa shape index (κ2) is 7.43. The number of amides is 3. The standard InChI is InChI=1S/C19H19N3O5S/c1-12(2)20-18(24)13-7-3-5-9-15(13)21-17(23)11-22-19(25)14-8-4-6-10-16(14)28(22,26)27/h3-10,12H,11H2,1-2H3,(H,20,24)(H,21,23). The number of hydrogen-bond acceptors (Lipinski definition) is 5. The van der Waals surface area contributed by atoms with E-state index in [0.29, 0.717) is 4.31 Å². The highest BCUT2D eigenvalue weighted by Crippen LogP contribution is 2.29. The lowest BCUT2D eigenvalue weighted by Crippen LogP contribution is -2.38. The molecule has 0 saturated carbocycles. The number of sulfonamides is 1. The molecule has 3 amide bonds. The van der Waals surface area contributed by atoms with Crippen LogP contribution in [0.4, 0.5) is 5.69 Å². The lowest BCUT2D eigenvalue weighted by atomic mass is 10.1. The molecule has 2 aromatic carbocycles. The van der Waals surface area contributed by atoms with Crippen molar-refractivity contribution in [2.45, 2.75) is 24.8 Å². The van der Waals surface area contributed by atoms with Crippen LogP contribution in [0.15, 0.2) is 53.4 Å². The predicted molar refractivity (Wildman–Crippen MR) is 102 cm³/mol. The molecule has 28 heavy (non-hydrogen) atoms. The maximum atomic E-state index is 12.5. The summed E-state index contributed by atoms with van der Waals surface area (Å²) in [6, 6.07) is 12.1. The summed E-state index contributed by atoms with van der Waals surface area (Å²) in [5.74, 6) is -1.85. The van der Waals surface area contributed by atoms with E-state index in [9.17, 15) is 22.8 Å². The van der Waals surface area contributed by atoms with Gasteiger partial charge in [0.1, 0.15) is 11.4 Å². The van der Waals surface area contributed by atoms with Crippen molar-refractivity contribution in [1.82, 2.24) is 9.62 Å². The molecule has 0 bridgehead atoms. The van der Waals surface area contributed by atoms with Gasteiger partial charge in [-0.15, -0.1) is 0 Å². The van der Waals surface area contributed by atoms with Gasteiger partial charge in [0.15, 0.2) is 0 Å². The number of para-hydroxylation sites is 1. The summed E-state index contributed by atoms with van der Waals surface area (Å²) in [5, 5.41) is 5.25. The van der Waals surface area contributed by atoms with Crippen molar-refractivity contribution >= 4 is 33.4 Å². The molecule has 9 heteroatoms. The Balaban J connectivity index is 1.80. The third kappa shape index (κ3) is 3.61. The van der Waals surface area contributed by atoms with Gasteiger partial charge in [-0.05, 0) is 38.1 Å². The first-order valence-corrected chi connectivity index (χ1v) is 10.0. The first kappa shape index (κ1) is 19.6. The molecule has 0 fully saturated rings. The van der Waals surface area contributed by atoms with Crippen molar-refractivity contribution in [2.75, 3.05) is 11.9 Å². The van der Waals surface area contributed by atoms with E-state index >= 15 is 0 Å². The molecule has 0 unspecified atom stereocenters. The summed E-state index contributed by atoms with van der Waals surface area (Å²) in [6.07, 6.45) is 0. The summed E-state index contributed by atoms with van der Waals surface area (Å²) in [4.78, 5) is 37.0. The summed E-state index contributed by atoms with van der Waals surface area (Å²) in [6.45, 7) is 2.93. The molecule has 146 valence electrons. The Morgan fingerprint density at radius 1 is 1.04 bits per heavy atom. The van der Waals surface area contributed by atoms with Gasteiger partial charge in [0, 0.05) is 6.04 Å². The molecule has 1 heterocycles. The van der Waals surface area contributed by atoms with Gasteiger partial charge in [-0.2, -0.15) is 0 Å². The molecule has 0 atom stereocenters. The first-order chi connectivity index (χ1) is 13.2. The van der Waals surface area contributed by atoms with Crippen LogP contribution in [0.3, 0.4) is 0 Å². The molecule has 8 nitrogen and oxygen atoms in total. The normalized spacial score (nSPS) is 14.7. The third-order valence-electron chi connectivity index (χ3n) is 4.06.